The summed E-state index contributed by atoms with van der Waals surface area (Å²) in [5.74, 6) is -0.548. The number of hydrogen-bond acceptors (Lipinski definition) is 4. The molecule has 0 radical (unpaired) electrons. The number of rotatable bonds is 4. The summed E-state index contributed by atoms with van der Waals surface area (Å²) >= 11 is 0. The van der Waals surface area contributed by atoms with Crippen LogP contribution >= 0.6 is 0 Å². The van der Waals surface area contributed by atoms with Gasteiger partial charge in [-0.05, 0) is 17.7 Å². The van der Waals surface area contributed by atoms with Crippen molar-refractivity contribution in [2.45, 2.75) is 26.4 Å². The fraction of sp³-hybridized carbons (Fsp3) is 0.286. The molecule has 0 aliphatic heterocycles. The van der Waals surface area contributed by atoms with Gasteiger partial charge in [-0.2, -0.15) is 4.98 Å². The number of aromatic hydroxyl groups is 1. The van der Waals surface area contributed by atoms with Crippen molar-refractivity contribution in [2.24, 2.45) is 0 Å². The number of hydrogen-bond donors (Lipinski definition) is 3. The molecule has 0 unspecified atom stereocenters. The highest BCUT2D eigenvalue weighted by molar-refractivity contribution is 5.67. The molecule has 1 aromatic carbocycles. The average Bonchev–Trinajstić information content (AvgIpc) is 2.35. The van der Waals surface area contributed by atoms with Gasteiger partial charge in [0, 0.05) is 6.04 Å². The Hall–Kier alpha value is -2.21. The number of aromatic nitrogens is 2. The van der Waals surface area contributed by atoms with Gasteiger partial charge in [0.2, 0.25) is 5.88 Å². The summed E-state index contributed by atoms with van der Waals surface area (Å²) in [5, 5.41) is 13.0. The Bertz CT molecular complexity index is 668. The number of benzene rings is 1. The maximum atomic E-state index is 13.2. The Labute approximate surface area is 115 Å². The molecule has 0 aliphatic carbocycles. The molecule has 0 saturated carbocycles. The van der Waals surface area contributed by atoms with Gasteiger partial charge in [0.1, 0.15) is 17.2 Å². The van der Waals surface area contributed by atoms with Crippen molar-refractivity contribution in [3.05, 3.63) is 46.3 Å². The molecule has 0 aliphatic rings. The summed E-state index contributed by atoms with van der Waals surface area (Å²) in [6, 6.07) is 5.69. The summed E-state index contributed by atoms with van der Waals surface area (Å²) in [5.41, 5.74) is -0.235. The Morgan fingerprint density at radius 1 is 1.45 bits per heavy atom. The van der Waals surface area contributed by atoms with Crippen LogP contribution in [0.1, 0.15) is 19.7 Å². The van der Waals surface area contributed by atoms with Gasteiger partial charge in [0.05, 0.1) is 6.54 Å². The van der Waals surface area contributed by atoms with Gasteiger partial charge in [0.25, 0.3) is 5.56 Å². The van der Waals surface area contributed by atoms with E-state index in [0.29, 0.717) is 17.9 Å². The molecule has 0 amide bonds. The monoisotopic (exact) mass is 277 g/mol. The van der Waals surface area contributed by atoms with Crippen LogP contribution in [0.4, 0.5) is 4.39 Å². The summed E-state index contributed by atoms with van der Waals surface area (Å²) in [4.78, 5) is 18.5. The second-order valence-electron chi connectivity index (χ2n) is 4.76. The van der Waals surface area contributed by atoms with E-state index in [-0.39, 0.29) is 11.6 Å². The van der Waals surface area contributed by atoms with E-state index in [2.05, 4.69) is 15.3 Å². The van der Waals surface area contributed by atoms with E-state index in [1.807, 2.05) is 13.8 Å². The summed E-state index contributed by atoms with van der Waals surface area (Å²) < 4.78 is 13.2. The van der Waals surface area contributed by atoms with Crippen molar-refractivity contribution in [1.82, 2.24) is 15.3 Å². The van der Waals surface area contributed by atoms with E-state index in [1.165, 1.54) is 18.2 Å². The third-order valence-corrected chi connectivity index (χ3v) is 2.74. The molecule has 2 aromatic rings. The molecule has 2 rings (SSSR count). The van der Waals surface area contributed by atoms with Gasteiger partial charge in [-0.25, -0.2) is 4.39 Å². The minimum atomic E-state index is -0.497. The summed E-state index contributed by atoms with van der Waals surface area (Å²) in [6.07, 6.45) is 0. The van der Waals surface area contributed by atoms with Gasteiger partial charge >= 0.3 is 0 Å². The molecule has 106 valence electrons. The lowest BCUT2D eigenvalue weighted by Gasteiger charge is -2.09. The van der Waals surface area contributed by atoms with Gasteiger partial charge in [-0.15, -0.1) is 0 Å². The van der Waals surface area contributed by atoms with Gasteiger partial charge in [-0.1, -0.05) is 26.0 Å². The van der Waals surface area contributed by atoms with Crippen molar-refractivity contribution in [2.75, 3.05) is 0 Å². The van der Waals surface area contributed by atoms with Crippen LogP contribution in [-0.2, 0) is 6.54 Å². The molecule has 0 atom stereocenters. The highest BCUT2D eigenvalue weighted by atomic mass is 19.1. The maximum absolute atomic E-state index is 13.2. The highest BCUT2D eigenvalue weighted by Crippen LogP contribution is 2.23. The van der Waals surface area contributed by atoms with E-state index in [0.717, 1.165) is 0 Å². The maximum Gasteiger partial charge on any atom is 0.262 e. The fourth-order valence-electron chi connectivity index (χ4n) is 1.80. The lowest BCUT2D eigenvalue weighted by molar-refractivity contribution is 0.446. The second-order valence-corrected chi connectivity index (χ2v) is 4.76. The first-order valence-corrected chi connectivity index (χ1v) is 6.29. The van der Waals surface area contributed by atoms with Crippen LogP contribution in [0.2, 0.25) is 0 Å². The number of aromatic amines is 1. The quantitative estimate of drug-likeness (QED) is 0.796. The van der Waals surface area contributed by atoms with Crippen LogP contribution in [0.3, 0.4) is 0 Å². The highest BCUT2D eigenvalue weighted by Gasteiger charge is 2.13. The molecule has 1 heterocycles. The average molecular weight is 277 g/mol. The molecule has 1 aromatic heterocycles. The van der Waals surface area contributed by atoms with E-state index in [9.17, 15) is 14.3 Å². The zero-order valence-corrected chi connectivity index (χ0v) is 11.3. The minimum absolute atomic E-state index is 0.0298. The molecule has 0 spiro atoms. The first kappa shape index (κ1) is 14.2. The number of halogens is 1. The summed E-state index contributed by atoms with van der Waals surface area (Å²) in [6.45, 7) is 4.25. The molecular weight excluding hydrogens is 261 g/mol. The zero-order chi connectivity index (χ0) is 14.7. The largest absolute Gasteiger partial charge is 0.493 e. The van der Waals surface area contributed by atoms with Crippen LogP contribution in [0.25, 0.3) is 11.1 Å². The Morgan fingerprint density at radius 3 is 2.80 bits per heavy atom. The Morgan fingerprint density at radius 2 is 2.20 bits per heavy atom. The van der Waals surface area contributed by atoms with Crippen LogP contribution in [-0.4, -0.2) is 21.1 Å². The van der Waals surface area contributed by atoms with Crippen LogP contribution in [0.15, 0.2) is 29.1 Å². The van der Waals surface area contributed by atoms with Crippen molar-refractivity contribution < 1.29 is 9.50 Å². The predicted molar refractivity (Wildman–Crippen MR) is 73.9 cm³/mol. The number of nitrogens with zero attached hydrogens (tertiary/aromatic N) is 1. The van der Waals surface area contributed by atoms with Crippen LogP contribution < -0.4 is 10.9 Å². The van der Waals surface area contributed by atoms with Crippen LogP contribution in [0, 0.1) is 5.82 Å². The Kier molecular flexibility index (Phi) is 4.14. The van der Waals surface area contributed by atoms with Crippen molar-refractivity contribution in [1.29, 1.82) is 0 Å². The molecule has 20 heavy (non-hydrogen) atoms. The number of nitrogens with one attached hydrogen (secondary N) is 2. The zero-order valence-electron chi connectivity index (χ0n) is 11.3. The lowest BCUT2D eigenvalue weighted by Crippen LogP contribution is -2.25. The predicted octanol–water partition coefficient (Wildman–Crippen LogP) is 1.78. The molecule has 3 N–H and O–H groups in total. The molecule has 0 fully saturated rings. The van der Waals surface area contributed by atoms with Gasteiger partial charge in [0.15, 0.2) is 0 Å². The molecular formula is C14H16FN3O2. The van der Waals surface area contributed by atoms with E-state index >= 15 is 0 Å². The topological polar surface area (TPSA) is 78.0 Å². The van der Waals surface area contributed by atoms with Crippen molar-refractivity contribution in [3.8, 4) is 17.0 Å². The SMILES string of the molecule is CC(C)NCc1nc(O)c(-c2cccc(F)c2)c(=O)[nH]1. The molecule has 0 bridgehead atoms. The van der Waals surface area contributed by atoms with Gasteiger partial charge < -0.3 is 15.4 Å². The second kappa shape index (κ2) is 5.83. The first-order chi connectivity index (χ1) is 9.47. The normalized spacial score (nSPS) is 11.0. The van der Waals surface area contributed by atoms with E-state index in [4.69, 9.17) is 0 Å². The Balaban J connectivity index is 2.39. The standard InChI is InChI=1S/C14H16FN3O2/c1-8(2)16-7-11-17-13(19)12(14(20)18-11)9-4-3-5-10(15)6-9/h3-6,8,16H,7H2,1-2H3,(H2,17,18,19,20). The number of H-pyrrole nitrogens is 1. The fourth-order valence-corrected chi connectivity index (χ4v) is 1.80. The van der Waals surface area contributed by atoms with Crippen molar-refractivity contribution in [3.63, 3.8) is 0 Å². The third kappa shape index (κ3) is 3.21. The van der Waals surface area contributed by atoms with Gasteiger partial charge in [-0.3, -0.25) is 4.79 Å². The third-order valence-electron chi connectivity index (χ3n) is 2.74. The minimum Gasteiger partial charge on any atom is -0.493 e. The smallest absolute Gasteiger partial charge is 0.262 e. The lowest BCUT2D eigenvalue weighted by atomic mass is 10.1. The molecule has 0 saturated heterocycles. The van der Waals surface area contributed by atoms with E-state index < -0.39 is 17.3 Å². The molecule has 6 heteroatoms. The van der Waals surface area contributed by atoms with Crippen molar-refractivity contribution >= 4 is 0 Å². The molecule has 5 nitrogen and oxygen atoms in total. The van der Waals surface area contributed by atoms with Crippen LogP contribution in [0.5, 0.6) is 5.88 Å². The van der Waals surface area contributed by atoms with E-state index in [1.54, 1.807) is 6.07 Å². The summed E-state index contributed by atoms with van der Waals surface area (Å²) in [7, 11) is 0. The first-order valence-electron chi connectivity index (χ1n) is 6.29.